The number of piperidine rings is 1. The van der Waals surface area contributed by atoms with Crippen molar-refractivity contribution in [2.24, 2.45) is 11.8 Å². The van der Waals surface area contributed by atoms with Crippen molar-refractivity contribution in [3.8, 4) is 11.5 Å². The number of aliphatic hydroxyl groups is 1. The fraction of sp³-hybridized carbons (Fsp3) is 0.632. The Morgan fingerprint density at radius 3 is 2.80 bits per heavy atom. The Hall–Kier alpha value is -1.79. The van der Waals surface area contributed by atoms with Crippen LogP contribution in [0.1, 0.15) is 45.2 Å². The lowest BCUT2D eigenvalue weighted by molar-refractivity contribution is -0.142. The number of methoxy groups -OCH3 is 2. The first-order valence-electron chi connectivity index (χ1n) is 11.4. The van der Waals surface area contributed by atoms with Crippen molar-refractivity contribution in [3.63, 3.8) is 0 Å². The molecular formula is C19H27NO5. The molecule has 6 heteroatoms. The zero-order valence-electron chi connectivity index (χ0n) is 20.1. The van der Waals surface area contributed by atoms with Gasteiger partial charge in [0, 0.05) is 19.1 Å². The van der Waals surface area contributed by atoms with Crippen molar-refractivity contribution >= 4 is 5.97 Å². The lowest BCUT2D eigenvalue weighted by Gasteiger charge is -2.46. The Labute approximate surface area is 156 Å². The lowest BCUT2D eigenvalue weighted by Crippen LogP contribution is -2.48. The van der Waals surface area contributed by atoms with Crippen LogP contribution in [0, 0.1) is 11.8 Å². The third-order valence-electron chi connectivity index (χ3n) is 5.45. The van der Waals surface area contributed by atoms with E-state index in [1.54, 1.807) is 6.92 Å². The highest BCUT2D eigenvalue weighted by Gasteiger charge is 2.39. The number of nitrogens with zero attached hydrogens (tertiary/aromatic N) is 1. The molecule has 1 saturated heterocycles. The first-order chi connectivity index (χ1) is 14.2. The monoisotopic (exact) mass is 355 g/mol. The van der Waals surface area contributed by atoms with Crippen LogP contribution in [-0.4, -0.2) is 54.4 Å². The molecule has 25 heavy (non-hydrogen) atoms. The normalized spacial score (nSPS) is 31.7. The third kappa shape index (κ3) is 3.46. The van der Waals surface area contributed by atoms with E-state index in [0.29, 0.717) is 32.4 Å². The Bertz CT molecular complexity index is 827. The third-order valence-corrected chi connectivity index (χ3v) is 5.45. The Kier molecular flexibility index (Phi) is 3.39. The number of ether oxygens (including phenoxy) is 2. The summed E-state index contributed by atoms with van der Waals surface area (Å²) in [7, 11) is -5.56. The molecular weight excluding hydrogens is 322 g/mol. The molecule has 1 fully saturated rings. The van der Waals surface area contributed by atoms with Crippen LogP contribution in [0.25, 0.3) is 0 Å². The standard InChI is InChI=1S/C19H27NO5/c1-11(19(22)23)6-13-10-20-5-4-12-7-17(24-2)18(25-3)8-14(12)15(20)9-16(13)21/h7-8,11,13,15-16,21H,4-6,9-10H2,1-3H3,(H,22,23)/t11-,13-,15-,16+/m1/s1/i2D3,3D3. The quantitative estimate of drug-likeness (QED) is 0.842. The van der Waals surface area contributed by atoms with Crippen LogP contribution < -0.4 is 9.47 Å². The average Bonchev–Trinajstić information content (AvgIpc) is 2.60. The summed E-state index contributed by atoms with van der Waals surface area (Å²) in [5.41, 5.74) is 1.56. The molecule has 1 aromatic rings. The second kappa shape index (κ2) is 7.22. The molecule has 0 saturated carbocycles. The van der Waals surface area contributed by atoms with Gasteiger partial charge in [-0.3, -0.25) is 9.69 Å². The average molecular weight is 355 g/mol. The smallest absolute Gasteiger partial charge is 0.306 e. The van der Waals surface area contributed by atoms with E-state index in [-0.39, 0.29) is 23.5 Å². The van der Waals surface area contributed by atoms with Crippen LogP contribution in [0.4, 0.5) is 0 Å². The second-order valence-corrected chi connectivity index (χ2v) is 7.00. The van der Waals surface area contributed by atoms with E-state index >= 15 is 0 Å². The minimum Gasteiger partial charge on any atom is -0.493 e. The first kappa shape index (κ1) is 11.8. The summed E-state index contributed by atoms with van der Waals surface area (Å²) in [5.74, 6) is -1.99. The predicted molar refractivity (Wildman–Crippen MR) is 93.1 cm³/mol. The van der Waals surface area contributed by atoms with Crippen LogP contribution in [0.2, 0.25) is 0 Å². The second-order valence-electron chi connectivity index (χ2n) is 7.00. The van der Waals surface area contributed by atoms with Gasteiger partial charge < -0.3 is 19.7 Å². The van der Waals surface area contributed by atoms with Crippen molar-refractivity contribution in [1.82, 2.24) is 4.90 Å². The minimum atomic E-state index is -2.79. The molecule has 138 valence electrons. The van der Waals surface area contributed by atoms with Gasteiger partial charge in [-0.2, -0.15) is 0 Å². The van der Waals surface area contributed by atoms with Crippen LogP contribution in [0.15, 0.2) is 12.1 Å². The highest BCUT2D eigenvalue weighted by atomic mass is 16.5. The van der Waals surface area contributed by atoms with Crippen LogP contribution >= 0.6 is 0 Å². The topological polar surface area (TPSA) is 79.2 Å². The number of carbonyl (C=O) groups is 1. The summed E-state index contributed by atoms with van der Waals surface area (Å²) in [5, 5.41) is 19.9. The molecule has 0 amide bonds. The number of fused-ring (bicyclic) bond motifs is 3. The Balaban J connectivity index is 1.90. The van der Waals surface area contributed by atoms with Crippen molar-refractivity contribution in [2.45, 2.75) is 38.3 Å². The van der Waals surface area contributed by atoms with Crippen molar-refractivity contribution in [3.05, 3.63) is 23.3 Å². The zero-order valence-corrected chi connectivity index (χ0v) is 14.1. The zero-order chi connectivity index (χ0) is 23.1. The highest BCUT2D eigenvalue weighted by Crippen LogP contribution is 2.43. The van der Waals surface area contributed by atoms with Crippen LogP contribution in [0.3, 0.4) is 0 Å². The van der Waals surface area contributed by atoms with Gasteiger partial charge in [-0.1, -0.05) is 6.92 Å². The van der Waals surface area contributed by atoms with Crippen LogP contribution in [0.5, 0.6) is 11.5 Å². The number of rotatable bonds is 5. The van der Waals surface area contributed by atoms with E-state index < -0.39 is 32.1 Å². The van der Waals surface area contributed by atoms with Gasteiger partial charge in [0.15, 0.2) is 11.5 Å². The summed E-state index contributed by atoms with van der Waals surface area (Å²) >= 11 is 0. The SMILES string of the molecule is [2H]C([2H])([2H])Oc1cc2c(cc1OC([2H])([2H])[2H])[C@H]1C[C@H](O)[C@H](C[C@@H](C)C(=O)O)CN1CC2. The highest BCUT2D eigenvalue weighted by molar-refractivity contribution is 5.69. The van der Waals surface area contributed by atoms with E-state index in [2.05, 4.69) is 4.90 Å². The van der Waals surface area contributed by atoms with Gasteiger partial charge >= 0.3 is 5.97 Å². The van der Waals surface area contributed by atoms with Gasteiger partial charge in [-0.25, -0.2) is 0 Å². The van der Waals surface area contributed by atoms with E-state index in [0.717, 1.165) is 11.1 Å². The van der Waals surface area contributed by atoms with Crippen molar-refractivity contribution in [2.75, 3.05) is 27.2 Å². The van der Waals surface area contributed by atoms with Crippen molar-refractivity contribution in [1.29, 1.82) is 0 Å². The molecule has 2 heterocycles. The predicted octanol–water partition coefficient (Wildman–Crippen LogP) is 2.09. The number of carboxylic acid groups (broad SMARTS) is 1. The maximum Gasteiger partial charge on any atom is 0.306 e. The van der Waals surface area contributed by atoms with E-state index in [9.17, 15) is 15.0 Å². The number of aliphatic carboxylic acids is 1. The van der Waals surface area contributed by atoms with Gasteiger partial charge in [0.05, 0.1) is 34.3 Å². The molecule has 0 aromatic heterocycles. The van der Waals surface area contributed by atoms with Gasteiger partial charge in [-0.05, 0) is 48.4 Å². The maximum atomic E-state index is 11.2. The fourth-order valence-corrected chi connectivity index (χ4v) is 4.05. The van der Waals surface area contributed by atoms with Gasteiger partial charge in [0.25, 0.3) is 0 Å². The molecule has 4 atom stereocenters. The molecule has 0 radical (unpaired) electrons. The number of aliphatic hydroxyl groups excluding tert-OH is 1. The molecule has 0 unspecified atom stereocenters. The fourth-order valence-electron chi connectivity index (χ4n) is 4.05. The van der Waals surface area contributed by atoms with Crippen LogP contribution in [-0.2, 0) is 11.2 Å². The summed E-state index contributed by atoms with van der Waals surface area (Å²) in [6.45, 7) is 2.79. The molecule has 3 rings (SSSR count). The molecule has 0 spiro atoms. The number of hydrogen-bond acceptors (Lipinski definition) is 5. The summed E-state index contributed by atoms with van der Waals surface area (Å²) in [6, 6.07) is 2.79. The summed E-state index contributed by atoms with van der Waals surface area (Å²) in [6.07, 6.45) is 0.593. The van der Waals surface area contributed by atoms with Crippen molar-refractivity contribution < 1.29 is 32.7 Å². The van der Waals surface area contributed by atoms with Gasteiger partial charge in [-0.15, -0.1) is 0 Å². The Morgan fingerprint density at radius 2 is 2.12 bits per heavy atom. The number of benzene rings is 1. The van der Waals surface area contributed by atoms with Gasteiger partial charge in [0.1, 0.15) is 0 Å². The van der Waals surface area contributed by atoms with Gasteiger partial charge in [0.2, 0.25) is 0 Å². The molecule has 0 bridgehead atoms. The largest absolute Gasteiger partial charge is 0.493 e. The molecule has 2 aliphatic heterocycles. The molecule has 0 aliphatic carbocycles. The van der Waals surface area contributed by atoms with E-state index in [4.69, 9.17) is 17.7 Å². The lowest BCUT2D eigenvalue weighted by atomic mass is 9.79. The summed E-state index contributed by atoms with van der Waals surface area (Å²) < 4.78 is 54.3. The summed E-state index contributed by atoms with van der Waals surface area (Å²) in [4.78, 5) is 13.4. The molecule has 2 N–H and O–H groups in total. The van der Waals surface area contributed by atoms with E-state index in [1.807, 2.05) is 0 Å². The minimum absolute atomic E-state index is 0.159. The van der Waals surface area contributed by atoms with E-state index in [1.165, 1.54) is 12.1 Å². The maximum absolute atomic E-state index is 11.2. The molecule has 1 aromatic carbocycles. The molecule has 6 nitrogen and oxygen atoms in total. The molecule has 2 aliphatic rings. The number of carboxylic acids is 1. The Morgan fingerprint density at radius 1 is 1.40 bits per heavy atom. The first-order valence-corrected chi connectivity index (χ1v) is 8.43. The number of hydrogen-bond donors (Lipinski definition) is 2.